The molecule has 176 valence electrons. The van der Waals surface area contributed by atoms with Gasteiger partial charge in [0.25, 0.3) is 5.56 Å². The second-order valence-electron chi connectivity index (χ2n) is 9.16. The lowest BCUT2D eigenvalue weighted by Gasteiger charge is -2.31. The minimum absolute atomic E-state index is 0.0516. The highest BCUT2D eigenvalue weighted by atomic mass is 35.5. The summed E-state index contributed by atoms with van der Waals surface area (Å²) in [6.45, 7) is 1.78. The molecule has 0 bridgehead atoms. The van der Waals surface area contributed by atoms with Crippen molar-refractivity contribution in [3.63, 3.8) is 0 Å². The molecule has 1 fully saturated rings. The van der Waals surface area contributed by atoms with Gasteiger partial charge >= 0.3 is 0 Å². The van der Waals surface area contributed by atoms with Crippen molar-refractivity contribution in [2.75, 3.05) is 7.11 Å². The van der Waals surface area contributed by atoms with E-state index in [1.54, 1.807) is 14.0 Å². The van der Waals surface area contributed by atoms with Crippen molar-refractivity contribution in [2.24, 2.45) is 11.1 Å². The van der Waals surface area contributed by atoms with E-state index in [4.69, 9.17) is 21.0 Å². The third-order valence-corrected chi connectivity index (χ3v) is 7.21. The fourth-order valence-electron chi connectivity index (χ4n) is 5.45. The molecule has 4 aromatic rings. The quantitative estimate of drug-likeness (QED) is 0.235. The minimum atomic E-state index is -0.0516. The topological polar surface area (TPSA) is 69.6 Å². The van der Waals surface area contributed by atoms with Crippen LogP contribution in [0.3, 0.4) is 0 Å². The van der Waals surface area contributed by atoms with Crippen LogP contribution in [0, 0.1) is 12.8 Å². The lowest BCUT2D eigenvalue weighted by Crippen LogP contribution is -2.30. The maximum Gasteiger partial charge on any atom is 0.264 e. The zero-order chi connectivity index (χ0) is 23.7. The van der Waals surface area contributed by atoms with Crippen LogP contribution in [0.1, 0.15) is 49.5 Å². The second-order valence-corrected chi connectivity index (χ2v) is 9.57. The average molecular weight is 478 g/mol. The predicted octanol–water partition coefficient (Wildman–Crippen LogP) is 6.47. The Hall–Kier alpha value is -3.12. The van der Waals surface area contributed by atoms with Gasteiger partial charge in [-0.3, -0.25) is 4.79 Å². The van der Waals surface area contributed by atoms with Gasteiger partial charge in [0, 0.05) is 17.8 Å². The molecule has 7 heteroatoms. The lowest BCUT2D eigenvalue weighted by atomic mass is 9.81. The summed E-state index contributed by atoms with van der Waals surface area (Å²) in [5.41, 5.74) is 3.56. The molecular weight excluding hydrogens is 450 g/mol. The molecule has 0 aliphatic heterocycles. The zero-order valence-corrected chi connectivity index (χ0v) is 20.2. The Morgan fingerprint density at radius 1 is 1.18 bits per heavy atom. The van der Waals surface area contributed by atoms with Crippen LogP contribution in [0.5, 0.6) is 0 Å². The maximum absolute atomic E-state index is 13.7. The number of benzene rings is 2. The summed E-state index contributed by atoms with van der Waals surface area (Å²) < 4.78 is 7.34. The first kappa shape index (κ1) is 22.7. The van der Waals surface area contributed by atoms with Crippen molar-refractivity contribution in [3.8, 4) is 0 Å². The van der Waals surface area contributed by atoms with Crippen LogP contribution in [0.25, 0.3) is 21.8 Å². The zero-order valence-electron chi connectivity index (χ0n) is 19.5. The minimum Gasteiger partial charge on any atom is -0.399 e. The Balaban J connectivity index is 1.49. The monoisotopic (exact) mass is 477 g/mol. The van der Waals surface area contributed by atoms with Gasteiger partial charge in [0.2, 0.25) is 0 Å². The molecule has 0 N–H and O–H groups in total. The van der Waals surface area contributed by atoms with E-state index in [0.717, 1.165) is 55.1 Å². The summed E-state index contributed by atoms with van der Waals surface area (Å²) in [6, 6.07) is 16.1. The molecule has 0 spiro atoms. The lowest BCUT2D eigenvalue weighted by molar-refractivity contribution is 0.209. The Labute approximate surface area is 203 Å². The molecule has 2 heterocycles. The molecule has 6 nitrogen and oxygen atoms in total. The van der Waals surface area contributed by atoms with Crippen molar-refractivity contribution in [1.29, 1.82) is 0 Å². The van der Waals surface area contributed by atoms with Crippen molar-refractivity contribution < 1.29 is 9.36 Å². The van der Waals surface area contributed by atoms with E-state index >= 15 is 0 Å². The first-order chi connectivity index (χ1) is 16.6. The molecule has 1 saturated carbocycles. The van der Waals surface area contributed by atoms with Gasteiger partial charge in [-0.15, -0.1) is 0 Å². The number of aryl methyl sites for hydroxylation is 1. The van der Waals surface area contributed by atoms with Gasteiger partial charge in [0.05, 0.1) is 16.3 Å². The number of halogens is 1. The fraction of sp³-hybridized carbons (Fsp3) is 0.370. The summed E-state index contributed by atoms with van der Waals surface area (Å²) in [7, 11) is 1.60. The van der Waals surface area contributed by atoms with Crippen LogP contribution in [0.2, 0.25) is 5.02 Å². The van der Waals surface area contributed by atoms with Crippen molar-refractivity contribution in [2.45, 2.75) is 51.5 Å². The third kappa shape index (κ3) is 4.23. The SMILES string of the molecule is CO/N=C(\Cc1ccccc1)CC1CCCC(n2c(=O)c3c(C)onc3c3c(Cl)cccc32)C1. The molecule has 2 unspecified atom stereocenters. The molecule has 2 aromatic heterocycles. The van der Waals surface area contributed by atoms with Crippen molar-refractivity contribution in [1.82, 2.24) is 9.72 Å². The average Bonchev–Trinajstić information content (AvgIpc) is 3.22. The maximum atomic E-state index is 13.7. The van der Waals surface area contributed by atoms with Gasteiger partial charge in [0.15, 0.2) is 0 Å². The Kier molecular flexibility index (Phi) is 6.42. The van der Waals surface area contributed by atoms with E-state index in [2.05, 4.69) is 22.4 Å². The molecule has 1 aliphatic rings. The number of hydrogen-bond acceptors (Lipinski definition) is 5. The van der Waals surface area contributed by atoms with Gasteiger partial charge in [0.1, 0.15) is 23.8 Å². The summed E-state index contributed by atoms with van der Waals surface area (Å²) in [6.07, 6.45) is 5.62. The smallest absolute Gasteiger partial charge is 0.264 e. The van der Waals surface area contributed by atoms with Crippen LogP contribution in [0.4, 0.5) is 0 Å². The number of oxime groups is 1. The highest BCUT2D eigenvalue weighted by Crippen LogP contribution is 2.38. The van der Waals surface area contributed by atoms with E-state index in [-0.39, 0.29) is 11.6 Å². The summed E-state index contributed by atoms with van der Waals surface area (Å²) in [5, 5.41) is 10.4. The predicted molar refractivity (Wildman–Crippen MR) is 136 cm³/mol. The van der Waals surface area contributed by atoms with Crippen molar-refractivity contribution in [3.05, 3.63) is 75.2 Å². The van der Waals surface area contributed by atoms with Crippen LogP contribution in [-0.2, 0) is 11.3 Å². The summed E-state index contributed by atoms with van der Waals surface area (Å²) in [5.74, 6) is 0.942. The molecular formula is C27H28ClN3O3. The number of pyridine rings is 1. The molecule has 0 saturated heterocycles. The number of rotatable bonds is 6. The van der Waals surface area contributed by atoms with E-state index in [1.807, 2.05) is 41.0 Å². The second kappa shape index (κ2) is 9.63. The van der Waals surface area contributed by atoms with Gasteiger partial charge in [-0.25, -0.2) is 0 Å². The summed E-state index contributed by atoms with van der Waals surface area (Å²) in [4.78, 5) is 18.9. The van der Waals surface area contributed by atoms with Crippen LogP contribution in [0.15, 0.2) is 63.0 Å². The molecule has 5 rings (SSSR count). The highest BCUT2D eigenvalue weighted by Gasteiger charge is 2.29. The first-order valence-corrected chi connectivity index (χ1v) is 12.2. The van der Waals surface area contributed by atoms with E-state index < -0.39 is 0 Å². The van der Waals surface area contributed by atoms with E-state index in [0.29, 0.717) is 27.6 Å². The van der Waals surface area contributed by atoms with Crippen LogP contribution < -0.4 is 5.56 Å². The number of aromatic nitrogens is 2. The fourth-order valence-corrected chi connectivity index (χ4v) is 5.71. The normalized spacial score (nSPS) is 19.1. The van der Waals surface area contributed by atoms with E-state index in [9.17, 15) is 4.79 Å². The van der Waals surface area contributed by atoms with Gasteiger partial charge < -0.3 is 13.9 Å². The van der Waals surface area contributed by atoms with Gasteiger partial charge in [-0.2, -0.15) is 0 Å². The number of nitrogens with zero attached hydrogens (tertiary/aromatic N) is 3. The third-order valence-electron chi connectivity index (χ3n) is 6.90. The molecule has 0 amide bonds. The number of hydrogen-bond donors (Lipinski definition) is 0. The van der Waals surface area contributed by atoms with Crippen molar-refractivity contribution >= 4 is 39.1 Å². The van der Waals surface area contributed by atoms with Crippen LogP contribution in [-0.4, -0.2) is 22.5 Å². The Morgan fingerprint density at radius 2 is 2.00 bits per heavy atom. The van der Waals surface area contributed by atoms with E-state index in [1.165, 1.54) is 5.56 Å². The molecule has 0 radical (unpaired) electrons. The summed E-state index contributed by atoms with van der Waals surface area (Å²) >= 11 is 6.59. The highest BCUT2D eigenvalue weighted by molar-refractivity contribution is 6.37. The molecule has 1 aliphatic carbocycles. The first-order valence-electron chi connectivity index (χ1n) is 11.8. The largest absolute Gasteiger partial charge is 0.399 e. The van der Waals surface area contributed by atoms with Gasteiger partial charge in [-0.1, -0.05) is 64.7 Å². The van der Waals surface area contributed by atoms with Gasteiger partial charge in [-0.05, 0) is 56.2 Å². The Bertz CT molecular complexity index is 1410. The molecule has 2 aromatic carbocycles. The Morgan fingerprint density at radius 3 is 2.79 bits per heavy atom. The van der Waals surface area contributed by atoms with Crippen LogP contribution >= 0.6 is 11.6 Å². The standard InChI is InChI=1S/C27H28ClN3O3/c1-17-24-26(30-34-17)25-22(28)12-7-13-23(25)31(27(24)32)21-11-6-10-19(16-21)15-20(29-33-2)14-18-8-4-3-5-9-18/h3-5,7-9,12-13,19,21H,6,10-11,14-16H2,1-2H3/b29-20+. The molecule has 34 heavy (non-hydrogen) atoms. The number of fused-ring (bicyclic) bond motifs is 3. The molecule has 2 atom stereocenters.